The molecule has 0 atom stereocenters. The van der Waals surface area contributed by atoms with Crippen LogP contribution in [0.4, 0.5) is 0 Å². The van der Waals surface area contributed by atoms with Crippen molar-refractivity contribution in [1.29, 1.82) is 0 Å². The second-order valence-electron chi connectivity index (χ2n) is 4.85. The van der Waals surface area contributed by atoms with Crippen molar-refractivity contribution >= 4 is 11.2 Å². The summed E-state index contributed by atoms with van der Waals surface area (Å²) in [5.74, 6) is 1.22. The number of hydrogen-bond donors (Lipinski definition) is 0. The zero-order valence-corrected chi connectivity index (χ0v) is 10.1. The van der Waals surface area contributed by atoms with Crippen LogP contribution in [0.25, 0.3) is 22.6 Å². The van der Waals surface area contributed by atoms with E-state index in [2.05, 4.69) is 41.8 Å². The van der Waals surface area contributed by atoms with Crippen molar-refractivity contribution < 1.29 is 4.57 Å². The van der Waals surface area contributed by atoms with Gasteiger partial charge in [0.25, 0.3) is 11.5 Å². The smallest absolute Gasteiger partial charge is 0.264 e. The first-order valence-corrected chi connectivity index (χ1v) is 6.21. The molecule has 4 aromatic rings. The Balaban J connectivity index is 1.97. The molecule has 5 heteroatoms. The summed E-state index contributed by atoms with van der Waals surface area (Å²) >= 11 is 0. The molecule has 19 heavy (non-hydrogen) atoms. The van der Waals surface area contributed by atoms with Crippen LogP contribution in [0.3, 0.4) is 0 Å². The van der Waals surface area contributed by atoms with Gasteiger partial charge < -0.3 is 0 Å². The Labute approximate surface area is 108 Å². The van der Waals surface area contributed by atoms with Gasteiger partial charge in [-0.05, 0) is 12.1 Å². The Kier molecular flexibility index (Phi) is 1.46. The maximum Gasteiger partial charge on any atom is 0.296 e. The van der Waals surface area contributed by atoms with E-state index in [9.17, 15) is 0 Å². The zero-order chi connectivity index (χ0) is 12.4. The third-order valence-corrected chi connectivity index (χ3v) is 3.80. The van der Waals surface area contributed by atoms with E-state index in [1.807, 2.05) is 31.0 Å². The largest absolute Gasteiger partial charge is 0.296 e. The number of hydrogen-bond acceptors (Lipinski definition) is 2. The molecule has 0 bridgehead atoms. The molecule has 0 aromatic carbocycles. The van der Waals surface area contributed by atoms with E-state index in [1.54, 1.807) is 0 Å². The van der Waals surface area contributed by atoms with Gasteiger partial charge in [0.2, 0.25) is 0 Å². The van der Waals surface area contributed by atoms with Gasteiger partial charge in [-0.1, -0.05) is 0 Å². The molecule has 90 valence electrons. The summed E-state index contributed by atoms with van der Waals surface area (Å²) in [6.45, 7) is 0.891. The fourth-order valence-corrected chi connectivity index (χ4v) is 2.98. The van der Waals surface area contributed by atoms with Crippen molar-refractivity contribution in [2.45, 2.75) is 6.54 Å². The maximum atomic E-state index is 4.20. The minimum atomic E-state index is 0.891. The van der Waals surface area contributed by atoms with Crippen molar-refractivity contribution in [2.75, 3.05) is 0 Å². The normalized spacial score (nSPS) is 13.1. The van der Waals surface area contributed by atoms with Crippen LogP contribution in [-0.2, 0) is 6.54 Å². The lowest BCUT2D eigenvalue weighted by atomic mass is 10.2. The molecular formula is C14H10N5+. The first-order valence-electron chi connectivity index (χ1n) is 6.21. The molecule has 5 heterocycles. The highest BCUT2D eigenvalue weighted by Crippen LogP contribution is 2.28. The summed E-state index contributed by atoms with van der Waals surface area (Å²) in [7, 11) is 0. The summed E-state index contributed by atoms with van der Waals surface area (Å²) in [4.78, 5) is 8.40. The molecule has 1 aliphatic heterocycles. The quantitative estimate of drug-likeness (QED) is 0.387. The Morgan fingerprint density at radius 1 is 1.11 bits per heavy atom. The van der Waals surface area contributed by atoms with E-state index in [4.69, 9.17) is 0 Å². The molecule has 0 aliphatic carbocycles. The molecule has 0 saturated carbocycles. The molecule has 0 saturated heterocycles. The minimum Gasteiger partial charge on any atom is -0.264 e. The Hall–Kier alpha value is -2.69. The predicted octanol–water partition coefficient (Wildman–Crippen LogP) is 1.30. The van der Waals surface area contributed by atoms with Gasteiger partial charge in [0, 0.05) is 24.2 Å². The van der Waals surface area contributed by atoms with Crippen LogP contribution in [0.15, 0.2) is 49.4 Å². The van der Waals surface area contributed by atoms with Crippen LogP contribution in [0.2, 0.25) is 0 Å². The van der Waals surface area contributed by atoms with E-state index in [-0.39, 0.29) is 0 Å². The third-order valence-electron chi connectivity index (χ3n) is 3.80. The van der Waals surface area contributed by atoms with Crippen molar-refractivity contribution in [1.82, 2.24) is 18.8 Å². The van der Waals surface area contributed by atoms with Crippen LogP contribution in [0.5, 0.6) is 0 Å². The molecule has 0 N–H and O–H groups in total. The molecule has 0 unspecified atom stereocenters. The summed E-state index contributed by atoms with van der Waals surface area (Å²) in [6, 6.07) is 4.10. The van der Waals surface area contributed by atoms with Gasteiger partial charge in [0.1, 0.15) is 19.1 Å². The fourth-order valence-electron chi connectivity index (χ4n) is 2.98. The first kappa shape index (κ1) is 9.27. The molecule has 0 amide bonds. The molecule has 0 radical (unpaired) electrons. The second-order valence-corrected chi connectivity index (χ2v) is 4.85. The highest BCUT2D eigenvalue weighted by atomic mass is 15.2. The fraction of sp³-hybridized carbons (Fsp3) is 0.0714. The van der Waals surface area contributed by atoms with Gasteiger partial charge in [-0.15, -0.1) is 0 Å². The highest BCUT2D eigenvalue weighted by molar-refractivity contribution is 5.66. The average Bonchev–Trinajstić information content (AvgIpc) is 3.05. The monoisotopic (exact) mass is 248 g/mol. The predicted molar refractivity (Wildman–Crippen MR) is 68.7 cm³/mol. The highest BCUT2D eigenvalue weighted by Gasteiger charge is 2.31. The number of nitrogens with zero attached hydrogens (tertiary/aromatic N) is 5. The molecule has 4 aromatic heterocycles. The van der Waals surface area contributed by atoms with E-state index in [0.29, 0.717) is 0 Å². The molecule has 1 aliphatic rings. The van der Waals surface area contributed by atoms with Crippen LogP contribution in [-0.4, -0.2) is 18.8 Å². The number of fused-ring (bicyclic) bond motifs is 7. The molecule has 0 spiro atoms. The number of aromatic nitrogens is 5. The molecule has 5 rings (SSSR count). The molecular weight excluding hydrogens is 238 g/mol. The van der Waals surface area contributed by atoms with Crippen molar-refractivity contribution in [3.05, 3.63) is 55.0 Å². The number of imidazole rings is 2. The van der Waals surface area contributed by atoms with Gasteiger partial charge in [-0.3, -0.25) is 9.38 Å². The van der Waals surface area contributed by atoms with Crippen molar-refractivity contribution in [2.24, 2.45) is 0 Å². The van der Waals surface area contributed by atoms with Crippen molar-refractivity contribution in [3.63, 3.8) is 0 Å². The summed E-state index contributed by atoms with van der Waals surface area (Å²) < 4.78 is 6.59. The SMILES string of the molecule is c1cc2c(cn1)C[n+]1cc3n(cc4ccncn43)c1-2. The lowest BCUT2D eigenvalue weighted by molar-refractivity contribution is -0.670. The summed E-state index contributed by atoms with van der Waals surface area (Å²) in [5, 5.41) is 0. The summed E-state index contributed by atoms with van der Waals surface area (Å²) in [6.07, 6.45) is 11.8. The van der Waals surface area contributed by atoms with Gasteiger partial charge in [-0.25, -0.2) is 9.55 Å². The second kappa shape index (κ2) is 3.00. The Morgan fingerprint density at radius 2 is 2.05 bits per heavy atom. The number of pyridine rings is 1. The van der Waals surface area contributed by atoms with Crippen LogP contribution < -0.4 is 4.57 Å². The van der Waals surface area contributed by atoms with Crippen LogP contribution in [0.1, 0.15) is 5.56 Å². The third kappa shape index (κ3) is 1.03. The summed E-state index contributed by atoms with van der Waals surface area (Å²) in [5.41, 5.74) is 4.83. The van der Waals surface area contributed by atoms with E-state index >= 15 is 0 Å². The topological polar surface area (TPSA) is 38.5 Å². The van der Waals surface area contributed by atoms with Crippen LogP contribution >= 0.6 is 0 Å². The first-order chi connectivity index (χ1) is 9.42. The van der Waals surface area contributed by atoms with E-state index in [0.717, 1.165) is 17.7 Å². The Morgan fingerprint density at radius 3 is 3.05 bits per heavy atom. The molecule has 5 nitrogen and oxygen atoms in total. The minimum absolute atomic E-state index is 0.891. The van der Waals surface area contributed by atoms with Gasteiger partial charge >= 0.3 is 0 Å². The molecule has 0 fully saturated rings. The maximum absolute atomic E-state index is 4.20. The van der Waals surface area contributed by atoms with Crippen molar-refractivity contribution in [3.8, 4) is 11.4 Å². The lowest BCUT2D eigenvalue weighted by Crippen LogP contribution is -2.29. The van der Waals surface area contributed by atoms with E-state index < -0.39 is 0 Å². The van der Waals surface area contributed by atoms with E-state index in [1.165, 1.54) is 17.0 Å². The van der Waals surface area contributed by atoms with Gasteiger partial charge in [0.15, 0.2) is 6.20 Å². The number of rotatable bonds is 0. The van der Waals surface area contributed by atoms with Gasteiger partial charge in [-0.2, -0.15) is 4.40 Å². The zero-order valence-electron chi connectivity index (χ0n) is 10.1. The lowest BCUT2D eigenvalue weighted by Gasteiger charge is -1.91. The van der Waals surface area contributed by atoms with Gasteiger partial charge in [0.05, 0.1) is 11.1 Å². The standard InChI is InChI=1S/C14H10N5/c1-3-16-9-19-11(1)7-18-13(19)8-17-6-10-5-15-4-2-12(10)14(17)18/h1-5,7-9H,6H2/q+1. The van der Waals surface area contributed by atoms with Crippen LogP contribution in [0, 0.1) is 0 Å². The Bertz CT molecular complexity index is 947. The average molecular weight is 248 g/mol.